The van der Waals surface area contributed by atoms with Crippen LogP contribution in [0.2, 0.25) is 0 Å². The van der Waals surface area contributed by atoms with Crippen LogP contribution in [0.15, 0.2) is 36.4 Å². The van der Waals surface area contributed by atoms with E-state index in [4.69, 9.17) is 14.2 Å². The van der Waals surface area contributed by atoms with Crippen molar-refractivity contribution in [1.82, 2.24) is 10.2 Å². The number of carbonyl (C=O) groups excluding carboxylic acids is 2. The molecule has 2 N–H and O–H groups in total. The van der Waals surface area contributed by atoms with Gasteiger partial charge in [0.15, 0.2) is 11.5 Å². The first-order valence-corrected chi connectivity index (χ1v) is 11.1. The van der Waals surface area contributed by atoms with E-state index < -0.39 is 6.04 Å². The van der Waals surface area contributed by atoms with Crippen molar-refractivity contribution in [2.24, 2.45) is 5.92 Å². The van der Waals surface area contributed by atoms with E-state index in [-0.39, 0.29) is 17.9 Å². The monoisotopic (exact) mass is 455 g/mol. The van der Waals surface area contributed by atoms with Crippen LogP contribution in [0.1, 0.15) is 31.4 Å². The number of hydrogen-bond donors (Lipinski definition) is 2. The molecule has 0 radical (unpaired) electrons. The summed E-state index contributed by atoms with van der Waals surface area (Å²) in [6.45, 7) is 4.96. The fourth-order valence-electron chi connectivity index (χ4n) is 3.88. The van der Waals surface area contributed by atoms with Gasteiger partial charge in [-0.3, -0.25) is 4.79 Å². The average Bonchev–Trinajstić information content (AvgIpc) is 2.85. The number of carbonyl (C=O) groups is 2. The molecular formula is C25H33N3O5. The molecule has 0 bridgehead atoms. The van der Waals surface area contributed by atoms with Gasteiger partial charge in [-0.2, -0.15) is 0 Å². The summed E-state index contributed by atoms with van der Waals surface area (Å²) in [6, 6.07) is 10.1. The lowest BCUT2D eigenvalue weighted by atomic mass is 9.97. The fraction of sp³-hybridized carbons (Fsp3) is 0.440. The lowest BCUT2D eigenvalue weighted by Crippen LogP contribution is -2.53. The summed E-state index contributed by atoms with van der Waals surface area (Å²) in [5.41, 5.74) is 2.79. The Kier molecular flexibility index (Phi) is 8.03. The Labute approximate surface area is 195 Å². The van der Waals surface area contributed by atoms with Gasteiger partial charge in [-0.1, -0.05) is 20.3 Å². The van der Waals surface area contributed by atoms with Crippen LogP contribution >= 0.6 is 0 Å². The first-order valence-electron chi connectivity index (χ1n) is 11.1. The standard InChI is InChI=1S/C25H33N3O5/c1-6-16(2)23(24(29)26-19-7-9-20(31-3)10-8-19)27-25(30)28-12-11-17-13-21(32-4)22(33-5)14-18(17)15-28/h7-10,13-14,16,23H,6,11-12,15H2,1-5H3,(H,26,29)(H,27,30)/t16-,23-/m0/s1. The van der Waals surface area contributed by atoms with Gasteiger partial charge in [0.1, 0.15) is 11.8 Å². The van der Waals surface area contributed by atoms with Crippen molar-refractivity contribution in [3.05, 3.63) is 47.5 Å². The van der Waals surface area contributed by atoms with Crippen LogP contribution in [0.3, 0.4) is 0 Å². The molecule has 1 aliphatic heterocycles. The number of hydrogen-bond acceptors (Lipinski definition) is 5. The SMILES string of the molecule is CC[C@H](C)[C@H](NC(=O)N1CCc2cc(OC)c(OC)cc2C1)C(=O)Nc1ccc(OC)cc1. The first kappa shape index (κ1) is 24.2. The topological polar surface area (TPSA) is 89.1 Å². The summed E-state index contributed by atoms with van der Waals surface area (Å²) in [5, 5.41) is 5.86. The zero-order valence-electron chi connectivity index (χ0n) is 19.9. The third-order valence-electron chi connectivity index (χ3n) is 6.14. The van der Waals surface area contributed by atoms with Gasteiger partial charge in [-0.15, -0.1) is 0 Å². The highest BCUT2D eigenvalue weighted by Crippen LogP contribution is 2.33. The van der Waals surface area contributed by atoms with E-state index in [1.807, 2.05) is 26.0 Å². The summed E-state index contributed by atoms with van der Waals surface area (Å²) < 4.78 is 16.0. The largest absolute Gasteiger partial charge is 0.497 e. The van der Waals surface area contributed by atoms with Crippen LogP contribution in [-0.4, -0.2) is 50.8 Å². The van der Waals surface area contributed by atoms with Gasteiger partial charge < -0.3 is 29.7 Å². The summed E-state index contributed by atoms with van der Waals surface area (Å²) in [7, 11) is 4.79. The van der Waals surface area contributed by atoms with Crippen LogP contribution in [0.4, 0.5) is 10.5 Å². The van der Waals surface area contributed by atoms with Crippen molar-refractivity contribution in [2.45, 2.75) is 39.3 Å². The molecule has 178 valence electrons. The number of fused-ring (bicyclic) bond motifs is 1. The van der Waals surface area contributed by atoms with Crippen LogP contribution in [-0.2, 0) is 17.8 Å². The van der Waals surface area contributed by atoms with E-state index in [0.29, 0.717) is 42.4 Å². The van der Waals surface area contributed by atoms with E-state index >= 15 is 0 Å². The maximum atomic E-state index is 13.1. The Morgan fingerprint density at radius 2 is 1.64 bits per heavy atom. The predicted octanol–water partition coefficient (Wildman–Crippen LogP) is 3.83. The second-order valence-corrected chi connectivity index (χ2v) is 8.18. The summed E-state index contributed by atoms with van der Waals surface area (Å²) >= 11 is 0. The molecule has 1 aliphatic rings. The van der Waals surface area contributed by atoms with Crippen LogP contribution < -0.4 is 24.8 Å². The molecule has 2 atom stereocenters. The molecule has 33 heavy (non-hydrogen) atoms. The normalized spacial score (nSPS) is 14.5. The maximum absolute atomic E-state index is 13.1. The van der Waals surface area contributed by atoms with Gasteiger partial charge in [0.2, 0.25) is 5.91 Å². The van der Waals surface area contributed by atoms with E-state index in [0.717, 1.165) is 17.5 Å². The second-order valence-electron chi connectivity index (χ2n) is 8.18. The van der Waals surface area contributed by atoms with Crippen LogP contribution in [0, 0.1) is 5.92 Å². The second kappa shape index (κ2) is 10.9. The predicted molar refractivity (Wildman–Crippen MR) is 127 cm³/mol. The van der Waals surface area contributed by atoms with Gasteiger partial charge in [-0.25, -0.2) is 4.79 Å². The number of methoxy groups -OCH3 is 3. The third kappa shape index (κ3) is 5.69. The minimum Gasteiger partial charge on any atom is -0.497 e. The quantitative estimate of drug-likeness (QED) is 0.632. The molecule has 3 rings (SSSR count). The number of urea groups is 1. The Hall–Kier alpha value is -3.42. The number of nitrogens with one attached hydrogen (secondary N) is 2. The lowest BCUT2D eigenvalue weighted by molar-refractivity contribution is -0.119. The Balaban J connectivity index is 1.70. The minimum atomic E-state index is -0.656. The van der Waals surface area contributed by atoms with Crippen molar-refractivity contribution < 1.29 is 23.8 Å². The average molecular weight is 456 g/mol. The van der Waals surface area contributed by atoms with Crippen molar-refractivity contribution in [1.29, 1.82) is 0 Å². The third-order valence-corrected chi connectivity index (χ3v) is 6.14. The minimum absolute atomic E-state index is 0.0337. The van der Waals surface area contributed by atoms with Gasteiger partial charge in [0.05, 0.1) is 21.3 Å². The number of amides is 3. The molecule has 0 fully saturated rings. The molecule has 0 aliphatic carbocycles. The fourth-order valence-corrected chi connectivity index (χ4v) is 3.88. The highest BCUT2D eigenvalue weighted by Gasteiger charge is 2.30. The van der Waals surface area contributed by atoms with Crippen molar-refractivity contribution in [2.75, 3.05) is 33.2 Å². The summed E-state index contributed by atoms with van der Waals surface area (Å²) in [5.74, 6) is 1.75. The zero-order chi connectivity index (χ0) is 24.0. The highest BCUT2D eigenvalue weighted by molar-refractivity contribution is 5.97. The Bertz CT molecular complexity index is 977. The van der Waals surface area contributed by atoms with Crippen molar-refractivity contribution >= 4 is 17.6 Å². The molecule has 8 nitrogen and oxygen atoms in total. The van der Waals surface area contributed by atoms with Crippen molar-refractivity contribution in [3.63, 3.8) is 0 Å². The molecule has 0 spiro atoms. The highest BCUT2D eigenvalue weighted by atomic mass is 16.5. The van der Waals surface area contributed by atoms with E-state index in [9.17, 15) is 9.59 Å². The van der Waals surface area contributed by atoms with Gasteiger partial charge in [0, 0.05) is 18.8 Å². The smallest absolute Gasteiger partial charge is 0.318 e. The van der Waals surface area contributed by atoms with Crippen LogP contribution in [0.25, 0.3) is 0 Å². The molecule has 0 saturated heterocycles. The number of nitrogens with zero attached hydrogens (tertiary/aromatic N) is 1. The van der Waals surface area contributed by atoms with E-state index in [1.165, 1.54) is 0 Å². The molecule has 3 amide bonds. The number of benzene rings is 2. The van der Waals surface area contributed by atoms with Crippen molar-refractivity contribution in [3.8, 4) is 17.2 Å². The molecular weight excluding hydrogens is 422 g/mol. The summed E-state index contributed by atoms with van der Waals surface area (Å²) in [4.78, 5) is 27.9. The zero-order valence-corrected chi connectivity index (χ0v) is 19.9. The molecule has 8 heteroatoms. The number of ether oxygens (including phenoxy) is 3. The first-order chi connectivity index (χ1) is 15.9. The molecule has 1 heterocycles. The molecule has 2 aromatic carbocycles. The summed E-state index contributed by atoms with van der Waals surface area (Å²) in [6.07, 6.45) is 1.45. The molecule has 0 saturated carbocycles. The van der Waals surface area contributed by atoms with E-state index in [1.54, 1.807) is 50.5 Å². The van der Waals surface area contributed by atoms with Crippen LogP contribution in [0.5, 0.6) is 17.2 Å². The van der Waals surface area contributed by atoms with Gasteiger partial charge >= 0.3 is 6.03 Å². The van der Waals surface area contributed by atoms with Gasteiger partial charge in [0.25, 0.3) is 0 Å². The molecule has 0 aromatic heterocycles. The Morgan fingerprint density at radius 3 is 2.21 bits per heavy atom. The number of rotatable bonds is 8. The molecule has 0 unspecified atom stereocenters. The Morgan fingerprint density at radius 1 is 1.00 bits per heavy atom. The molecule has 2 aromatic rings. The van der Waals surface area contributed by atoms with Gasteiger partial charge in [-0.05, 0) is 59.9 Å². The maximum Gasteiger partial charge on any atom is 0.318 e. The lowest BCUT2D eigenvalue weighted by Gasteiger charge is -2.32. The van der Waals surface area contributed by atoms with E-state index in [2.05, 4.69) is 10.6 Å². The number of anilines is 1.